The molecule has 0 bridgehead atoms. The highest BCUT2D eigenvalue weighted by Crippen LogP contribution is 2.31. The summed E-state index contributed by atoms with van der Waals surface area (Å²) in [7, 11) is 1.62. The monoisotopic (exact) mass is 293 g/mol. The smallest absolute Gasteiger partial charge is 0.219 e. The van der Waals surface area contributed by atoms with Crippen LogP contribution in [0.4, 0.5) is 0 Å². The van der Waals surface area contributed by atoms with Crippen LogP contribution in [0.25, 0.3) is 0 Å². The van der Waals surface area contributed by atoms with E-state index in [1.807, 2.05) is 31.2 Å². The standard InChI is InChI=1S/C13H12BrNO2/c1-9-3-5-11(12(7-9)16-2)17-13-6-4-10(14)8-15-13/h3-8H,1-2H3. The predicted octanol–water partition coefficient (Wildman–Crippen LogP) is 3.95. The Labute approximate surface area is 109 Å². The summed E-state index contributed by atoms with van der Waals surface area (Å²) in [6.07, 6.45) is 1.69. The molecule has 1 heterocycles. The fraction of sp³-hybridized carbons (Fsp3) is 0.154. The number of ether oxygens (including phenoxy) is 2. The Morgan fingerprint density at radius 3 is 2.59 bits per heavy atom. The normalized spacial score (nSPS) is 10.1. The molecule has 0 amide bonds. The quantitative estimate of drug-likeness (QED) is 0.858. The molecular formula is C13H12BrNO2. The molecule has 0 aliphatic carbocycles. The van der Waals surface area contributed by atoms with Gasteiger partial charge in [0.2, 0.25) is 5.88 Å². The van der Waals surface area contributed by atoms with E-state index in [4.69, 9.17) is 9.47 Å². The molecule has 0 aliphatic heterocycles. The van der Waals surface area contributed by atoms with Crippen molar-refractivity contribution in [3.05, 3.63) is 46.6 Å². The Balaban J connectivity index is 2.26. The first-order valence-electron chi connectivity index (χ1n) is 5.13. The summed E-state index contributed by atoms with van der Waals surface area (Å²) in [4.78, 5) is 4.15. The first kappa shape index (κ1) is 11.9. The molecule has 1 aromatic carbocycles. The molecule has 0 aliphatic rings. The number of hydrogen-bond acceptors (Lipinski definition) is 3. The maximum absolute atomic E-state index is 5.65. The summed E-state index contributed by atoms with van der Waals surface area (Å²) in [5.74, 6) is 1.90. The third kappa shape index (κ3) is 2.97. The third-order valence-electron chi connectivity index (χ3n) is 2.23. The second kappa shape index (κ2) is 5.19. The van der Waals surface area contributed by atoms with Crippen molar-refractivity contribution >= 4 is 15.9 Å². The van der Waals surface area contributed by atoms with Crippen LogP contribution in [0, 0.1) is 6.92 Å². The van der Waals surface area contributed by atoms with Gasteiger partial charge in [-0.3, -0.25) is 0 Å². The fourth-order valence-electron chi connectivity index (χ4n) is 1.39. The second-order valence-electron chi connectivity index (χ2n) is 3.57. The van der Waals surface area contributed by atoms with Gasteiger partial charge in [-0.15, -0.1) is 0 Å². The number of rotatable bonds is 3. The Kier molecular flexibility index (Phi) is 3.64. The molecule has 0 unspecified atom stereocenters. The van der Waals surface area contributed by atoms with Gasteiger partial charge in [0, 0.05) is 16.7 Å². The molecule has 17 heavy (non-hydrogen) atoms. The van der Waals surface area contributed by atoms with E-state index in [1.165, 1.54) is 0 Å². The van der Waals surface area contributed by atoms with E-state index >= 15 is 0 Å². The zero-order valence-corrected chi connectivity index (χ0v) is 11.2. The van der Waals surface area contributed by atoms with Gasteiger partial charge in [0.1, 0.15) is 0 Å². The molecule has 3 nitrogen and oxygen atoms in total. The molecule has 0 saturated carbocycles. The summed E-state index contributed by atoms with van der Waals surface area (Å²) < 4.78 is 11.8. The third-order valence-corrected chi connectivity index (χ3v) is 2.70. The number of pyridine rings is 1. The lowest BCUT2D eigenvalue weighted by molar-refractivity contribution is 0.374. The summed E-state index contributed by atoms with van der Waals surface area (Å²) >= 11 is 3.33. The molecule has 2 rings (SSSR count). The lowest BCUT2D eigenvalue weighted by Crippen LogP contribution is -1.92. The SMILES string of the molecule is COc1cc(C)ccc1Oc1ccc(Br)cn1. The van der Waals surface area contributed by atoms with Gasteiger partial charge in [0.25, 0.3) is 0 Å². The molecule has 0 atom stereocenters. The summed E-state index contributed by atoms with van der Waals surface area (Å²) in [6.45, 7) is 2.00. The van der Waals surface area contributed by atoms with Crippen LogP contribution in [0.1, 0.15) is 5.56 Å². The predicted molar refractivity (Wildman–Crippen MR) is 69.7 cm³/mol. The van der Waals surface area contributed by atoms with E-state index in [-0.39, 0.29) is 0 Å². The number of aryl methyl sites for hydroxylation is 1. The molecular weight excluding hydrogens is 282 g/mol. The van der Waals surface area contributed by atoms with E-state index in [1.54, 1.807) is 19.4 Å². The lowest BCUT2D eigenvalue weighted by atomic mass is 10.2. The maximum Gasteiger partial charge on any atom is 0.219 e. The van der Waals surface area contributed by atoms with Gasteiger partial charge in [-0.1, -0.05) is 6.07 Å². The van der Waals surface area contributed by atoms with Crippen LogP contribution in [-0.2, 0) is 0 Å². The topological polar surface area (TPSA) is 31.4 Å². The molecule has 2 aromatic rings. The van der Waals surface area contributed by atoms with Gasteiger partial charge in [-0.05, 0) is 46.6 Å². The first-order chi connectivity index (χ1) is 8.19. The molecule has 0 fully saturated rings. The minimum atomic E-state index is 0.537. The largest absolute Gasteiger partial charge is 0.493 e. The van der Waals surface area contributed by atoms with Crippen LogP contribution in [0.15, 0.2) is 41.0 Å². The number of methoxy groups -OCH3 is 1. The van der Waals surface area contributed by atoms with Crippen molar-refractivity contribution in [2.75, 3.05) is 7.11 Å². The molecule has 0 spiro atoms. The number of aromatic nitrogens is 1. The zero-order valence-electron chi connectivity index (χ0n) is 9.61. The highest BCUT2D eigenvalue weighted by atomic mass is 79.9. The van der Waals surface area contributed by atoms with Crippen LogP contribution in [-0.4, -0.2) is 12.1 Å². The molecule has 4 heteroatoms. The van der Waals surface area contributed by atoms with Crippen molar-refractivity contribution in [2.24, 2.45) is 0 Å². The number of nitrogens with zero attached hydrogens (tertiary/aromatic N) is 1. The van der Waals surface area contributed by atoms with Gasteiger partial charge in [-0.25, -0.2) is 4.98 Å². The van der Waals surface area contributed by atoms with Crippen LogP contribution in [0.3, 0.4) is 0 Å². The molecule has 88 valence electrons. The van der Waals surface area contributed by atoms with Crippen LogP contribution in [0.5, 0.6) is 17.4 Å². The maximum atomic E-state index is 5.65. The Morgan fingerprint density at radius 1 is 1.12 bits per heavy atom. The van der Waals surface area contributed by atoms with Crippen molar-refractivity contribution in [3.63, 3.8) is 0 Å². The van der Waals surface area contributed by atoms with Crippen LogP contribution < -0.4 is 9.47 Å². The van der Waals surface area contributed by atoms with Gasteiger partial charge in [0.05, 0.1) is 7.11 Å². The average Bonchev–Trinajstić information content (AvgIpc) is 2.34. The fourth-order valence-corrected chi connectivity index (χ4v) is 1.63. The van der Waals surface area contributed by atoms with Crippen LogP contribution in [0.2, 0.25) is 0 Å². The van der Waals surface area contributed by atoms with E-state index in [9.17, 15) is 0 Å². The summed E-state index contributed by atoms with van der Waals surface area (Å²) in [6, 6.07) is 9.44. The van der Waals surface area contributed by atoms with Crippen LogP contribution >= 0.6 is 15.9 Å². The van der Waals surface area contributed by atoms with Gasteiger partial charge < -0.3 is 9.47 Å². The second-order valence-corrected chi connectivity index (χ2v) is 4.49. The van der Waals surface area contributed by atoms with Crippen molar-refractivity contribution in [1.82, 2.24) is 4.98 Å². The minimum absolute atomic E-state index is 0.537. The highest BCUT2D eigenvalue weighted by Gasteiger charge is 2.06. The van der Waals surface area contributed by atoms with Crippen molar-refractivity contribution in [3.8, 4) is 17.4 Å². The van der Waals surface area contributed by atoms with Crippen molar-refractivity contribution in [2.45, 2.75) is 6.92 Å². The minimum Gasteiger partial charge on any atom is -0.493 e. The number of halogens is 1. The summed E-state index contributed by atoms with van der Waals surface area (Å²) in [5, 5.41) is 0. The lowest BCUT2D eigenvalue weighted by Gasteiger charge is -2.10. The Morgan fingerprint density at radius 2 is 1.94 bits per heavy atom. The van der Waals surface area contributed by atoms with E-state index in [0.717, 1.165) is 10.0 Å². The van der Waals surface area contributed by atoms with E-state index < -0.39 is 0 Å². The van der Waals surface area contributed by atoms with Gasteiger partial charge >= 0.3 is 0 Å². The molecule has 1 aromatic heterocycles. The zero-order chi connectivity index (χ0) is 12.3. The van der Waals surface area contributed by atoms with Crippen molar-refractivity contribution in [1.29, 1.82) is 0 Å². The molecule has 0 N–H and O–H groups in total. The summed E-state index contributed by atoms with van der Waals surface area (Å²) in [5.41, 5.74) is 1.12. The van der Waals surface area contributed by atoms with Gasteiger partial charge in [-0.2, -0.15) is 0 Å². The Bertz CT molecular complexity index is 511. The van der Waals surface area contributed by atoms with Crippen molar-refractivity contribution < 1.29 is 9.47 Å². The number of hydrogen-bond donors (Lipinski definition) is 0. The van der Waals surface area contributed by atoms with E-state index in [0.29, 0.717) is 17.4 Å². The van der Waals surface area contributed by atoms with Gasteiger partial charge in [0.15, 0.2) is 11.5 Å². The first-order valence-corrected chi connectivity index (χ1v) is 5.92. The average molecular weight is 294 g/mol. The number of benzene rings is 1. The molecule has 0 saturated heterocycles. The highest BCUT2D eigenvalue weighted by molar-refractivity contribution is 9.10. The Hall–Kier alpha value is -1.55. The molecule has 0 radical (unpaired) electrons. The van der Waals surface area contributed by atoms with E-state index in [2.05, 4.69) is 20.9 Å².